The van der Waals surface area contributed by atoms with Crippen LogP contribution < -0.4 is 5.32 Å². The summed E-state index contributed by atoms with van der Waals surface area (Å²) in [5.41, 5.74) is 1.35. The molecule has 22 heavy (non-hydrogen) atoms. The van der Waals surface area contributed by atoms with Crippen molar-refractivity contribution in [2.75, 3.05) is 6.54 Å². The van der Waals surface area contributed by atoms with Crippen molar-refractivity contribution in [3.05, 3.63) is 71.5 Å². The number of nitrogens with one attached hydrogen (secondary N) is 1. The summed E-state index contributed by atoms with van der Waals surface area (Å²) < 4.78 is 13.2. The molecule has 2 rings (SSSR count). The van der Waals surface area contributed by atoms with Gasteiger partial charge < -0.3 is 10.4 Å². The van der Waals surface area contributed by atoms with Gasteiger partial charge in [0, 0.05) is 18.0 Å². The molecule has 2 atom stereocenters. The van der Waals surface area contributed by atoms with E-state index in [0.29, 0.717) is 18.5 Å². The number of carbonyl (C=O) groups is 1. The van der Waals surface area contributed by atoms with Crippen LogP contribution in [0.4, 0.5) is 4.39 Å². The Morgan fingerprint density at radius 1 is 1.18 bits per heavy atom. The van der Waals surface area contributed by atoms with Gasteiger partial charge in [0.15, 0.2) is 0 Å². The highest BCUT2D eigenvalue weighted by atomic mass is 19.1. The van der Waals surface area contributed by atoms with Crippen LogP contribution in [0, 0.1) is 5.82 Å². The summed E-state index contributed by atoms with van der Waals surface area (Å²) in [6.45, 7) is 2.12. The zero-order valence-electron chi connectivity index (χ0n) is 12.5. The van der Waals surface area contributed by atoms with Gasteiger partial charge in [0.05, 0.1) is 6.10 Å². The summed E-state index contributed by atoms with van der Waals surface area (Å²) in [5, 5.41) is 12.5. The van der Waals surface area contributed by atoms with Gasteiger partial charge in [-0.05, 0) is 37.1 Å². The molecule has 0 saturated carbocycles. The highest BCUT2D eigenvalue weighted by Gasteiger charge is 2.16. The Bertz CT molecular complexity index is 613. The van der Waals surface area contributed by atoms with E-state index in [2.05, 4.69) is 5.32 Å². The first-order valence-corrected chi connectivity index (χ1v) is 7.33. The fraction of sp³-hybridized carbons (Fsp3) is 0.278. The molecule has 2 N–H and O–H groups in total. The molecule has 0 spiro atoms. The predicted molar refractivity (Wildman–Crippen MR) is 84.2 cm³/mol. The van der Waals surface area contributed by atoms with Crippen LogP contribution in [0.1, 0.15) is 35.2 Å². The van der Waals surface area contributed by atoms with Crippen LogP contribution in [0.5, 0.6) is 0 Å². The first kappa shape index (κ1) is 16.2. The number of hydrogen-bond donors (Lipinski definition) is 2. The molecule has 0 aromatic heterocycles. The van der Waals surface area contributed by atoms with Crippen LogP contribution in [0.3, 0.4) is 0 Å². The zero-order valence-corrected chi connectivity index (χ0v) is 12.5. The second-order valence-corrected chi connectivity index (χ2v) is 5.41. The summed E-state index contributed by atoms with van der Waals surface area (Å²) >= 11 is 0. The third-order valence-electron chi connectivity index (χ3n) is 3.49. The zero-order chi connectivity index (χ0) is 15.9. The average Bonchev–Trinajstić information content (AvgIpc) is 2.51. The minimum atomic E-state index is -0.462. The van der Waals surface area contributed by atoms with Crippen molar-refractivity contribution in [3.63, 3.8) is 0 Å². The molecule has 2 unspecified atom stereocenters. The fourth-order valence-corrected chi connectivity index (χ4v) is 2.42. The van der Waals surface area contributed by atoms with Gasteiger partial charge in [-0.15, -0.1) is 0 Å². The van der Waals surface area contributed by atoms with Crippen molar-refractivity contribution in [3.8, 4) is 0 Å². The second kappa shape index (κ2) is 7.71. The summed E-state index contributed by atoms with van der Waals surface area (Å²) in [7, 11) is 0. The van der Waals surface area contributed by atoms with Crippen LogP contribution in [-0.4, -0.2) is 23.7 Å². The molecule has 2 aromatic carbocycles. The molecular weight excluding hydrogens is 281 g/mol. The van der Waals surface area contributed by atoms with E-state index in [1.54, 1.807) is 13.0 Å². The highest BCUT2D eigenvalue weighted by molar-refractivity contribution is 5.94. The SMILES string of the molecule is CC(O)CC(CNC(=O)c1cccc(F)c1)c1ccccc1. The first-order chi connectivity index (χ1) is 10.6. The predicted octanol–water partition coefficient (Wildman–Crippen LogP) is 3.11. The summed E-state index contributed by atoms with van der Waals surface area (Å²) in [6.07, 6.45) is 0.0873. The van der Waals surface area contributed by atoms with Crippen molar-refractivity contribution in [2.45, 2.75) is 25.4 Å². The second-order valence-electron chi connectivity index (χ2n) is 5.41. The molecule has 0 bridgehead atoms. The molecule has 0 heterocycles. The molecule has 2 aromatic rings. The van der Waals surface area contributed by atoms with Crippen LogP contribution in [0.2, 0.25) is 0 Å². The Kier molecular flexibility index (Phi) is 5.67. The minimum Gasteiger partial charge on any atom is -0.393 e. The van der Waals surface area contributed by atoms with Gasteiger partial charge in [-0.3, -0.25) is 4.79 Å². The first-order valence-electron chi connectivity index (χ1n) is 7.33. The lowest BCUT2D eigenvalue weighted by molar-refractivity contribution is 0.0945. The van der Waals surface area contributed by atoms with E-state index in [4.69, 9.17) is 0 Å². The number of halogens is 1. The van der Waals surface area contributed by atoms with E-state index in [1.165, 1.54) is 18.2 Å². The quantitative estimate of drug-likeness (QED) is 0.861. The summed E-state index contributed by atoms with van der Waals surface area (Å²) in [4.78, 5) is 12.1. The number of amides is 1. The van der Waals surface area contributed by atoms with E-state index < -0.39 is 11.9 Å². The molecule has 0 aliphatic carbocycles. The maximum atomic E-state index is 13.2. The molecule has 0 aliphatic rings. The Hall–Kier alpha value is -2.20. The van der Waals surface area contributed by atoms with Crippen LogP contribution in [-0.2, 0) is 0 Å². The molecule has 0 aliphatic heterocycles. The summed E-state index contributed by atoms with van der Waals surface area (Å²) in [6, 6.07) is 15.3. The Morgan fingerprint density at radius 3 is 2.55 bits per heavy atom. The smallest absolute Gasteiger partial charge is 0.251 e. The van der Waals surface area contributed by atoms with Gasteiger partial charge in [0.1, 0.15) is 5.82 Å². The fourth-order valence-electron chi connectivity index (χ4n) is 2.42. The number of aliphatic hydroxyl groups is 1. The standard InChI is InChI=1S/C18H20FNO2/c1-13(21)10-16(14-6-3-2-4-7-14)12-20-18(22)15-8-5-9-17(19)11-15/h2-9,11,13,16,21H,10,12H2,1H3,(H,20,22). The van der Waals surface area contributed by atoms with Gasteiger partial charge in [0.25, 0.3) is 5.91 Å². The van der Waals surface area contributed by atoms with E-state index in [0.717, 1.165) is 5.56 Å². The number of carbonyl (C=O) groups excluding carboxylic acids is 1. The maximum absolute atomic E-state index is 13.2. The van der Waals surface area contributed by atoms with Crippen LogP contribution >= 0.6 is 0 Å². The molecule has 0 radical (unpaired) electrons. The molecule has 0 saturated heterocycles. The maximum Gasteiger partial charge on any atom is 0.251 e. The van der Waals surface area contributed by atoms with Crippen molar-refractivity contribution in [1.82, 2.24) is 5.32 Å². The lowest BCUT2D eigenvalue weighted by Crippen LogP contribution is -2.29. The van der Waals surface area contributed by atoms with E-state index in [1.807, 2.05) is 30.3 Å². The van der Waals surface area contributed by atoms with Gasteiger partial charge in [-0.1, -0.05) is 36.4 Å². The van der Waals surface area contributed by atoms with E-state index >= 15 is 0 Å². The highest BCUT2D eigenvalue weighted by Crippen LogP contribution is 2.20. The number of aliphatic hydroxyl groups excluding tert-OH is 1. The molecule has 0 fully saturated rings. The Balaban J connectivity index is 2.03. The Labute approximate surface area is 129 Å². The van der Waals surface area contributed by atoms with Crippen molar-refractivity contribution in [1.29, 1.82) is 0 Å². The molecular formula is C18H20FNO2. The van der Waals surface area contributed by atoms with Crippen LogP contribution in [0.15, 0.2) is 54.6 Å². The topological polar surface area (TPSA) is 49.3 Å². The third kappa shape index (κ3) is 4.67. The van der Waals surface area contributed by atoms with E-state index in [-0.39, 0.29) is 11.8 Å². The minimum absolute atomic E-state index is 0.0127. The van der Waals surface area contributed by atoms with E-state index in [9.17, 15) is 14.3 Å². The van der Waals surface area contributed by atoms with Crippen molar-refractivity contribution < 1.29 is 14.3 Å². The van der Waals surface area contributed by atoms with Gasteiger partial charge in [-0.2, -0.15) is 0 Å². The van der Waals surface area contributed by atoms with Crippen LogP contribution in [0.25, 0.3) is 0 Å². The molecule has 3 nitrogen and oxygen atoms in total. The summed E-state index contributed by atoms with van der Waals surface area (Å²) in [5.74, 6) is -0.735. The number of rotatable bonds is 6. The van der Waals surface area contributed by atoms with Gasteiger partial charge >= 0.3 is 0 Å². The Morgan fingerprint density at radius 2 is 1.91 bits per heavy atom. The largest absolute Gasteiger partial charge is 0.393 e. The monoisotopic (exact) mass is 301 g/mol. The lowest BCUT2D eigenvalue weighted by Gasteiger charge is -2.19. The molecule has 4 heteroatoms. The number of benzene rings is 2. The number of hydrogen-bond acceptors (Lipinski definition) is 2. The van der Waals surface area contributed by atoms with Crippen molar-refractivity contribution in [2.24, 2.45) is 0 Å². The van der Waals surface area contributed by atoms with Gasteiger partial charge in [0.2, 0.25) is 0 Å². The third-order valence-corrected chi connectivity index (χ3v) is 3.49. The lowest BCUT2D eigenvalue weighted by atomic mass is 9.93. The van der Waals surface area contributed by atoms with Gasteiger partial charge in [-0.25, -0.2) is 4.39 Å². The van der Waals surface area contributed by atoms with Crippen molar-refractivity contribution >= 4 is 5.91 Å². The average molecular weight is 301 g/mol. The molecule has 1 amide bonds. The normalized spacial score (nSPS) is 13.4. The molecule has 116 valence electrons.